The van der Waals surface area contributed by atoms with Crippen molar-refractivity contribution in [1.29, 1.82) is 0 Å². The number of carboxylic acid groups (broad SMARTS) is 1. The van der Waals surface area contributed by atoms with Crippen LogP contribution >= 0.6 is 11.6 Å². The van der Waals surface area contributed by atoms with E-state index in [1.165, 1.54) is 11.0 Å². The van der Waals surface area contributed by atoms with Gasteiger partial charge in [0.25, 0.3) is 0 Å². The highest BCUT2D eigenvalue weighted by atomic mass is 35.5. The van der Waals surface area contributed by atoms with Gasteiger partial charge >= 0.3 is 12.1 Å². The van der Waals surface area contributed by atoms with E-state index in [1.807, 2.05) is 4.90 Å². The van der Waals surface area contributed by atoms with Gasteiger partial charge < -0.3 is 19.6 Å². The minimum Gasteiger partial charge on any atom is -0.465 e. The second kappa shape index (κ2) is 5.60. The van der Waals surface area contributed by atoms with Crippen molar-refractivity contribution < 1.29 is 19.4 Å². The molecule has 0 spiro atoms. The lowest BCUT2D eigenvalue weighted by molar-refractivity contribution is 0.0519. The highest BCUT2D eigenvalue weighted by Gasteiger charge is 2.46. The quantitative estimate of drug-likeness (QED) is 0.659. The van der Waals surface area contributed by atoms with Gasteiger partial charge in [-0.3, -0.25) is 0 Å². The zero-order chi connectivity index (χ0) is 15.9. The third-order valence-corrected chi connectivity index (χ3v) is 4.12. The number of anilines is 1. The molecule has 3 rings (SSSR count). The number of nitrogens with zero attached hydrogens (tertiary/aromatic N) is 4. The fraction of sp³-hybridized carbons (Fsp3) is 0.538. The zero-order valence-electron chi connectivity index (χ0n) is 11.9. The summed E-state index contributed by atoms with van der Waals surface area (Å²) in [7, 11) is 0. The Kier molecular flexibility index (Phi) is 3.78. The van der Waals surface area contributed by atoms with Crippen molar-refractivity contribution >= 4 is 29.5 Å². The molecular formula is C13H15ClN4O4. The molecule has 2 saturated heterocycles. The molecule has 9 heteroatoms. The minimum atomic E-state index is -0.903. The van der Waals surface area contributed by atoms with Crippen molar-refractivity contribution in [3.63, 3.8) is 0 Å². The van der Waals surface area contributed by atoms with Crippen LogP contribution in [0.25, 0.3) is 0 Å². The van der Waals surface area contributed by atoms with Crippen molar-refractivity contribution in [2.45, 2.75) is 25.4 Å². The van der Waals surface area contributed by atoms with Gasteiger partial charge in [-0.1, -0.05) is 0 Å². The first kappa shape index (κ1) is 14.8. The number of rotatable bonds is 3. The molecule has 3 heterocycles. The number of esters is 1. The van der Waals surface area contributed by atoms with E-state index in [9.17, 15) is 9.59 Å². The lowest BCUT2D eigenvalue weighted by Gasteiger charge is -2.33. The summed E-state index contributed by atoms with van der Waals surface area (Å²) < 4.78 is 4.92. The third-order valence-electron chi connectivity index (χ3n) is 3.95. The van der Waals surface area contributed by atoms with Crippen LogP contribution in [-0.4, -0.2) is 63.8 Å². The van der Waals surface area contributed by atoms with Crippen LogP contribution in [0.1, 0.15) is 23.8 Å². The van der Waals surface area contributed by atoms with Crippen LogP contribution < -0.4 is 4.90 Å². The third kappa shape index (κ3) is 2.54. The lowest BCUT2D eigenvalue weighted by Crippen LogP contribution is -2.48. The van der Waals surface area contributed by atoms with E-state index in [1.54, 1.807) is 6.92 Å². The van der Waals surface area contributed by atoms with Gasteiger partial charge in [0.05, 0.1) is 18.7 Å². The van der Waals surface area contributed by atoms with Crippen LogP contribution in [0.3, 0.4) is 0 Å². The van der Waals surface area contributed by atoms with Crippen molar-refractivity contribution in [2.75, 3.05) is 24.6 Å². The molecule has 2 fully saturated rings. The number of amides is 1. The van der Waals surface area contributed by atoms with E-state index >= 15 is 0 Å². The largest absolute Gasteiger partial charge is 0.465 e. The number of fused-ring (bicyclic) bond motifs is 2. The second-order valence-corrected chi connectivity index (χ2v) is 5.57. The first-order valence-electron chi connectivity index (χ1n) is 6.97. The fourth-order valence-electron chi connectivity index (χ4n) is 3.04. The summed E-state index contributed by atoms with van der Waals surface area (Å²) >= 11 is 5.89. The van der Waals surface area contributed by atoms with E-state index < -0.39 is 12.1 Å². The van der Waals surface area contributed by atoms with Gasteiger partial charge in [-0.2, -0.15) is 0 Å². The molecule has 1 aromatic rings. The van der Waals surface area contributed by atoms with E-state index in [4.69, 9.17) is 21.4 Å². The summed E-state index contributed by atoms with van der Waals surface area (Å²) in [5, 5.41) is 9.08. The molecular weight excluding hydrogens is 312 g/mol. The number of likely N-dealkylation sites (tertiary alicyclic amines) is 1. The molecule has 2 aliphatic rings. The first-order chi connectivity index (χ1) is 10.5. The van der Waals surface area contributed by atoms with Gasteiger partial charge in [0.1, 0.15) is 5.82 Å². The zero-order valence-corrected chi connectivity index (χ0v) is 12.7. The summed E-state index contributed by atoms with van der Waals surface area (Å²) in [6.07, 6.45) is -0.150. The molecule has 8 nitrogen and oxygen atoms in total. The highest BCUT2D eigenvalue weighted by molar-refractivity contribution is 6.28. The molecule has 0 unspecified atom stereocenters. The average molecular weight is 327 g/mol. The summed E-state index contributed by atoms with van der Waals surface area (Å²) in [6.45, 7) is 2.92. The number of carbonyl (C=O) groups excluding carboxylic acids is 1. The fourth-order valence-corrected chi connectivity index (χ4v) is 3.22. The maximum atomic E-state index is 11.8. The van der Waals surface area contributed by atoms with Crippen LogP contribution in [0.4, 0.5) is 10.6 Å². The van der Waals surface area contributed by atoms with Crippen molar-refractivity contribution in [1.82, 2.24) is 14.9 Å². The Bertz CT molecular complexity index is 626. The molecule has 0 aliphatic carbocycles. The van der Waals surface area contributed by atoms with Crippen LogP contribution in [0.15, 0.2) is 6.07 Å². The second-order valence-electron chi connectivity index (χ2n) is 5.23. The molecule has 1 aromatic heterocycles. The minimum absolute atomic E-state index is 0.0292. The predicted octanol–water partition coefficient (Wildman–Crippen LogP) is 1.25. The number of aromatic nitrogens is 2. The number of hydrogen-bond donors (Lipinski definition) is 1. The maximum Gasteiger partial charge on any atom is 0.407 e. The van der Waals surface area contributed by atoms with Gasteiger partial charge in [0.2, 0.25) is 5.28 Å². The molecule has 1 N–H and O–H groups in total. The van der Waals surface area contributed by atoms with Crippen LogP contribution in [0.5, 0.6) is 0 Å². The Labute approximate surface area is 131 Å². The van der Waals surface area contributed by atoms with Gasteiger partial charge in [0, 0.05) is 19.2 Å². The number of hydrogen-bond acceptors (Lipinski definition) is 6. The molecule has 2 atom stereocenters. The Balaban J connectivity index is 1.82. The molecule has 2 aliphatic heterocycles. The van der Waals surface area contributed by atoms with Crippen LogP contribution in [0.2, 0.25) is 5.28 Å². The molecule has 22 heavy (non-hydrogen) atoms. The van der Waals surface area contributed by atoms with Gasteiger partial charge in [0.15, 0.2) is 5.69 Å². The summed E-state index contributed by atoms with van der Waals surface area (Å²) in [6, 6.07) is 1.53. The molecule has 118 valence electrons. The standard InChI is InChI=1S/C13H15ClN4O4/c1-2-22-11(19)9-4-10(16-12(14)15-9)17-5-8-3-7(17)6-18(8)13(20)21/h4,7-8H,2-3,5-6H2,1H3,(H,20,21)/t7-,8-/m0/s1. The molecule has 2 bridgehead atoms. The van der Waals surface area contributed by atoms with E-state index in [2.05, 4.69) is 9.97 Å². The van der Waals surface area contributed by atoms with E-state index in [0.717, 1.165) is 6.42 Å². The van der Waals surface area contributed by atoms with Crippen molar-refractivity contribution in [3.8, 4) is 0 Å². The Morgan fingerprint density at radius 3 is 2.77 bits per heavy atom. The number of halogens is 1. The summed E-state index contributed by atoms with van der Waals surface area (Å²) in [4.78, 5) is 34.3. The number of ether oxygens (including phenoxy) is 1. The molecule has 0 radical (unpaired) electrons. The number of piperazine rings is 1. The van der Waals surface area contributed by atoms with Gasteiger partial charge in [-0.05, 0) is 24.9 Å². The Morgan fingerprint density at radius 1 is 1.41 bits per heavy atom. The maximum absolute atomic E-state index is 11.8. The Morgan fingerprint density at radius 2 is 2.18 bits per heavy atom. The summed E-state index contributed by atoms with van der Waals surface area (Å²) in [5.41, 5.74) is 0.106. The number of carbonyl (C=O) groups is 2. The SMILES string of the molecule is CCOC(=O)c1cc(N2C[C@@H]3C[C@H]2CN3C(=O)O)nc(Cl)n1. The molecule has 0 aromatic carbocycles. The van der Waals surface area contributed by atoms with E-state index in [-0.39, 0.29) is 29.7 Å². The van der Waals surface area contributed by atoms with Crippen LogP contribution in [0, 0.1) is 0 Å². The lowest BCUT2D eigenvalue weighted by atomic mass is 10.2. The first-order valence-corrected chi connectivity index (χ1v) is 7.35. The summed E-state index contributed by atoms with van der Waals surface area (Å²) in [5.74, 6) is -0.0230. The normalized spacial score (nSPS) is 23.0. The highest BCUT2D eigenvalue weighted by Crippen LogP contribution is 2.34. The predicted molar refractivity (Wildman–Crippen MR) is 77.3 cm³/mol. The molecule has 0 saturated carbocycles. The monoisotopic (exact) mass is 326 g/mol. The van der Waals surface area contributed by atoms with Crippen molar-refractivity contribution in [2.24, 2.45) is 0 Å². The smallest absolute Gasteiger partial charge is 0.407 e. The molecule has 1 amide bonds. The van der Waals surface area contributed by atoms with Gasteiger partial charge in [-0.25, -0.2) is 19.6 Å². The van der Waals surface area contributed by atoms with Gasteiger partial charge in [-0.15, -0.1) is 0 Å². The van der Waals surface area contributed by atoms with E-state index in [0.29, 0.717) is 18.9 Å². The average Bonchev–Trinajstić information content (AvgIpc) is 3.07. The van der Waals surface area contributed by atoms with Crippen molar-refractivity contribution in [3.05, 3.63) is 17.0 Å². The Hall–Kier alpha value is -2.09. The van der Waals surface area contributed by atoms with Crippen LogP contribution in [-0.2, 0) is 4.74 Å². The topological polar surface area (TPSA) is 95.9 Å².